The third-order valence-electron chi connectivity index (χ3n) is 4.53. The zero-order chi connectivity index (χ0) is 22.6. The van der Waals surface area contributed by atoms with Gasteiger partial charge in [-0.05, 0) is 30.7 Å². The molecule has 1 heterocycles. The number of nitrogens with zero attached hydrogens (tertiary/aromatic N) is 2. The minimum atomic E-state index is -4.55. The number of carbonyl (C=O) groups excluding carboxylic acids is 2. The fourth-order valence-corrected chi connectivity index (χ4v) is 3.00. The molecule has 0 fully saturated rings. The van der Waals surface area contributed by atoms with Crippen LogP contribution in [-0.2, 0) is 11.3 Å². The SMILES string of the molecule is Cc1cccc2c(=O)n(CCC(=O)Nc3ccccc3C(=O)NCC(F)(F)F)cnc12. The topological polar surface area (TPSA) is 93.1 Å². The number of amides is 2. The third kappa shape index (κ3) is 5.47. The Labute approximate surface area is 174 Å². The van der Waals surface area contributed by atoms with Crippen molar-refractivity contribution < 1.29 is 22.8 Å². The van der Waals surface area contributed by atoms with Gasteiger partial charge in [0, 0.05) is 13.0 Å². The Kier molecular flexibility index (Phi) is 6.38. The largest absolute Gasteiger partial charge is 0.405 e. The average molecular weight is 432 g/mol. The highest BCUT2D eigenvalue weighted by Crippen LogP contribution is 2.17. The first kappa shape index (κ1) is 22.0. The summed E-state index contributed by atoms with van der Waals surface area (Å²) >= 11 is 0. The molecule has 2 N–H and O–H groups in total. The maximum Gasteiger partial charge on any atom is 0.405 e. The molecule has 0 saturated heterocycles. The Bertz CT molecular complexity index is 1190. The predicted octanol–water partition coefficient (Wildman–Crippen LogP) is 3.03. The Morgan fingerprint density at radius 1 is 1.10 bits per heavy atom. The second-order valence-electron chi connectivity index (χ2n) is 6.86. The molecule has 0 bridgehead atoms. The number of para-hydroxylation sites is 2. The monoisotopic (exact) mass is 432 g/mol. The number of hydrogen-bond acceptors (Lipinski definition) is 4. The molecule has 0 aliphatic carbocycles. The van der Waals surface area contributed by atoms with Gasteiger partial charge in [-0.2, -0.15) is 13.2 Å². The van der Waals surface area contributed by atoms with Crippen LogP contribution in [0, 0.1) is 6.92 Å². The van der Waals surface area contributed by atoms with E-state index in [-0.39, 0.29) is 29.8 Å². The van der Waals surface area contributed by atoms with E-state index < -0.39 is 24.5 Å². The van der Waals surface area contributed by atoms with Crippen molar-refractivity contribution in [3.05, 3.63) is 70.3 Å². The van der Waals surface area contributed by atoms with E-state index in [2.05, 4.69) is 10.3 Å². The van der Waals surface area contributed by atoms with Crippen LogP contribution in [0.5, 0.6) is 0 Å². The normalized spacial score (nSPS) is 11.4. The second kappa shape index (κ2) is 8.99. The van der Waals surface area contributed by atoms with Crippen molar-refractivity contribution in [2.24, 2.45) is 0 Å². The molecular weight excluding hydrogens is 413 g/mol. The molecule has 162 valence electrons. The molecule has 10 heteroatoms. The summed E-state index contributed by atoms with van der Waals surface area (Å²) in [5.41, 5.74) is 1.15. The summed E-state index contributed by atoms with van der Waals surface area (Å²) in [5, 5.41) is 4.72. The van der Waals surface area contributed by atoms with Crippen LogP contribution in [0.4, 0.5) is 18.9 Å². The second-order valence-corrected chi connectivity index (χ2v) is 6.86. The van der Waals surface area contributed by atoms with Gasteiger partial charge in [0.05, 0.1) is 28.5 Å². The fraction of sp³-hybridized carbons (Fsp3) is 0.238. The molecule has 0 aliphatic heterocycles. The summed E-state index contributed by atoms with van der Waals surface area (Å²) in [6, 6.07) is 11.0. The Hall–Kier alpha value is -3.69. The number of aryl methyl sites for hydroxylation is 2. The average Bonchev–Trinajstić information content (AvgIpc) is 2.72. The van der Waals surface area contributed by atoms with E-state index in [1.807, 2.05) is 13.0 Å². The summed E-state index contributed by atoms with van der Waals surface area (Å²) in [6.07, 6.45) is -3.28. The Balaban J connectivity index is 1.68. The third-order valence-corrected chi connectivity index (χ3v) is 4.53. The first-order valence-corrected chi connectivity index (χ1v) is 9.34. The summed E-state index contributed by atoms with van der Waals surface area (Å²) < 4.78 is 38.3. The minimum absolute atomic E-state index is 0.0456. The molecule has 31 heavy (non-hydrogen) atoms. The molecule has 2 aromatic carbocycles. The van der Waals surface area contributed by atoms with Gasteiger partial charge in [0.2, 0.25) is 5.91 Å². The molecule has 0 radical (unpaired) electrons. The highest BCUT2D eigenvalue weighted by Gasteiger charge is 2.28. The number of hydrogen-bond donors (Lipinski definition) is 2. The number of fused-ring (bicyclic) bond motifs is 1. The van der Waals surface area contributed by atoms with Crippen LogP contribution in [0.25, 0.3) is 10.9 Å². The van der Waals surface area contributed by atoms with Crippen LogP contribution < -0.4 is 16.2 Å². The number of alkyl halides is 3. The van der Waals surface area contributed by atoms with E-state index in [1.54, 1.807) is 17.4 Å². The van der Waals surface area contributed by atoms with Gasteiger partial charge in [0.25, 0.3) is 11.5 Å². The molecule has 2 amide bonds. The molecule has 0 aliphatic rings. The summed E-state index contributed by atoms with van der Waals surface area (Å²) in [6.45, 7) is 0.407. The number of anilines is 1. The number of halogens is 3. The van der Waals surface area contributed by atoms with Crippen LogP contribution in [-0.4, -0.2) is 34.1 Å². The van der Waals surface area contributed by atoms with Crippen LogP contribution >= 0.6 is 0 Å². The van der Waals surface area contributed by atoms with E-state index in [0.717, 1.165) is 5.56 Å². The Morgan fingerprint density at radius 3 is 2.58 bits per heavy atom. The van der Waals surface area contributed by atoms with Gasteiger partial charge < -0.3 is 10.6 Å². The van der Waals surface area contributed by atoms with E-state index in [9.17, 15) is 27.6 Å². The van der Waals surface area contributed by atoms with Crippen molar-refractivity contribution in [3.63, 3.8) is 0 Å². The van der Waals surface area contributed by atoms with Gasteiger partial charge in [-0.25, -0.2) is 4.98 Å². The molecule has 1 aromatic heterocycles. The van der Waals surface area contributed by atoms with Crippen LogP contribution in [0.2, 0.25) is 0 Å². The molecule has 7 nitrogen and oxygen atoms in total. The van der Waals surface area contributed by atoms with Crippen molar-refractivity contribution in [2.75, 3.05) is 11.9 Å². The number of aromatic nitrogens is 2. The minimum Gasteiger partial charge on any atom is -0.343 e. The predicted molar refractivity (Wildman–Crippen MR) is 109 cm³/mol. The number of benzene rings is 2. The lowest BCUT2D eigenvalue weighted by atomic mass is 10.1. The maximum atomic E-state index is 12.6. The van der Waals surface area contributed by atoms with Crippen molar-refractivity contribution in [3.8, 4) is 0 Å². The van der Waals surface area contributed by atoms with Gasteiger partial charge in [-0.15, -0.1) is 0 Å². The molecule has 0 unspecified atom stereocenters. The van der Waals surface area contributed by atoms with E-state index in [0.29, 0.717) is 10.9 Å². The van der Waals surface area contributed by atoms with Gasteiger partial charge in [-0.3, -0.25) is 19.0 Å². The summed E-state index contributed by atoms with van der Waals surface area (Å²) in [7, 11) is 0. The number of nitrogens with one attached hydrogen (secondary N) is 2. The van der Waals surface area contributed by atoms with Gasteiger partial charge >= 0.3 is 6.18 Å². The van der Waals surface area contributed by atoms with Gasteiger partial charge in [-0.1, -0.05) is 24.3 Å². The van der Waals surface area contributed by atoms with Gasteiger partial charge in [0.15, 0.2) is 0 Å². The van der Waals surface area contributed by atoms with Crippen molar-refractivity contribution in [1.29, 1.82) is 0 Å². The quantitative estimate of drug-likeness (QED) is 0.626. The molecule has 0 saturated carbocycles. The molecule has 0 spiro atoms. The molecular formula is C21H19F3N4O3. The van der Waals surface area contributed by atoms with Crippen LogP contribution in [0.1, 0.15) is 22.3 Å². The molecule has 3 rings (SSSR count). The van der Waals surface area contributed by atoms with Gasteiger partial charge in [0.1, 0.15) is 6.54 Å². The summed E-state index contributed by atoms with van der Waals surface area (Å²) in [5.74, 6) is -1.47. The van der Waals surface area contributed by atoms with Crippen molar-refractivity contribution >= 4 is 28.4 Å². The lowest BCUT2D eigenvalue weighted by molar-refractivity contribution is -0.123. The maximum absolute atomic E-state index is 12.6. The van der Waals surface area contributed by atoms with Crippen LogP contribution in [0.15, 0.2) is 53.6 Å². The highest BCUT2D eigenvalue weighted by atomic mass is 19.4. The van der Waals surface area contributed by atoms with E-state index in [1.165, 1.54) is 35.2 Å². The van der Waals surface area contributed by atoms with E-state index in [4.69, 9.17) is 0 Å². The van der Waals surface area contributed by atoms with E-state index >= 15 is 0 Å². The van der Waals surface area contributed by atoms with Crippen molar-refractivity contribution in [2.45, 2.75) is 26.1 Å². The highest BCUT2D eigenvalue weighted by molar-refractivity contribution is 6.03. The molecule has 3 aromatic rings. The Morgan fingerprint density at radius 2 is 1.84 bits per heavy atom. The zero-order valence-electron chi connectivity index (χ0n) is 16.5. The standard InChI is InChI=1S/C21H19F3N4O3/c1-13-5-4-7-15-18(13)26-12-28(20(15)31)10-9-17(29)27-16-8-3-2-6-14(16)19(30)25-11-21(22,23)24/h2-8,12H,9-11H2,1H3,(H,25,30)(H,27,29). The fourth-order valence-electron chi connectivity index (χ4n) is 3.00. The zero-order valence-corrected chi connectivity index (χ0v) is 16.5. The lowest BCUT2D eigenvalue weighted by Crippen LogP contribution is -2.34. The lowest BCUT2D eigenvalue weighted by Gasteiger charge is -2.13. The smallest absolute Gasteiger partial charge is 0.343 e. The summed E-state index contributed by atoms with van der Waals surface area (Å²) in [4.78, 5) is 41.3. The van der Waals surface area contributed by atoms with Crippen molar-refractivity contribution in [1.82, 2.24) is 14.9 Å². The number of rotatable bonds is 6. The first-order chi connectivity index (χ1) is 14.7. The molecule has 0 atom stereocenters. The van der Waals surface area contributed by atoms with Crippen LogP contribution in [0.3, 0.4) is 0 Å². The first-order valence-electron chi connectivity index (χ1n) is 9.34. The number of carbonyl (C=O) groups is 2.